The number of benzene rings is 4. The van der Waals surface area contributed by atoms with Gasteiger partial charge in [0.25, 0.3) is 0 Å². The van der Waals surface area contributed by atoms with Gasteiger partial charge in [0.15, 0.2) is 8.07 Å². The van der Waals surface area contributed by atoms with Crippen LogP contribution < -0.4 is 15.6 Å². The molecule has 1 heteroatoms. The van der Waals surface area contributed by atoms with Gasteiger partial charge in [-0.15, -0.1) is 0 Å². The molecule has 4 aromatic carbocycles. The summed E-state index contributed by atoms with van der Waals surface area (Å²) in [5.41, 5.74) is 14.0. The molecule has 0 saturated carbocycles. The second-order valence-electron chi connectivity index (χ2n) is 22.4. The molecule has 0 saturated heterocycles. The van der Waals surface area contributed by atoms with E-state index in [0.29, 0.717) is 0 Å². The first kappa shape index (κ1) is 41.0. The van der Waals surface area contributed by atoms with Crippen LogP contribution in [-0.4, -0.2) is 8.07 Å². The summed E-state index contributed by atoms with van der Waals surface area (Å²) < 4.78 is 0. The first-order valence-electron chi connectivity index (χ1n) is 20.1. The maximum Gasteiger partial charge on any atom is 0.163 e. The zero-order chi connectivity index (χ0) is 39.9. The van der Waals surface area contributed by atoms with Crippen molar-refractivity contribution in [1.29, 1.82) is 0 Å². The lowest BCUT2D eigenvalue weighted by atomic mass is 9.80. The van der Waals surface area contributed by atoms with Gasteiger partial charge in [-0.25, -0.2) is 0 Å². The monoisotopic (exact) mass is 724 g/mol. The number of rotatable bonds is 4. The van der Waals surface area contributed by atoms with Crippen molar-refractivity contribution in [2.24, 2.45) is 0 Å². The van der Waals surface area contributed by atoms with Crippen LogP contribution in [0.15, 0.2) is 84.4 Å². The Labute approximate surface area is 327 Å². The van der Waals surface area contributed by atoms with Gasteiger partial charge in [0.05, 0.1) is 0 Å². The highest BCUT2D eigenvalue weighted by molar-refractivity contribution is 7.16. The van der Waals surface area contributed by atoms with Gasteiger partial charge in [-0.3, -0.25) is 0 Å². The van der Waals surface area contributed by atoms with Crippen LogP contribution in [0.2, 0.25) is 0 Å². The zero-order valence-electron chi connectivity index (χ0n) is 37.1. The summed E-state index contributed by atoms with van der Waals surface area (Å²) in [6, 6.07) is 32.6. The first-order chi connectivity index (χ1) is 23.9. The quantitative estimate of drug-likeness (QED) is 0.145. The summed E-state index contributed by atoms with van der Waals surface area (Å²) in [6.07, 6.45) is 2.47. The van der Waals surface area contributed by atoms with Crippen molar-refractivity contribution in [1.82, 2.24) is 0 Å². The van der Waals surface area contributed by atoms with Crippen LogP contribution in [0.4, 0.5) is 0 Å². The Bertz CT molecular complexity index is 1740. The highest BCUT2D eigenvalue weighted by atomic mass is 28.3. The molecule has 0 aliphatic heterocycles. The van der Waals surface area contributed by atoms with E-state index in [1.54, 1.807) is 0 Å². The van der Waals surface area contributed by atoms with E-state index >= 15 is 0 Å². The molecule has 0 unspecified atom stereocenters. The van der Waals surface area contributed by atoms with Gasteiger partial charge >= 0.3 is 0 Å². The maximum atomic E-state index is 2.64. The molecule has 0 atom stereocenters. The van der Waals surface area contributed by atoms with Crippen molar-refractivity contribution in [3.8, 4) is 0 Å². The van der Waals surface area contributed by atoms with Gasteiger partial charge in [0.2, 0.25) is 0 Å². The van der Waals surface area contributed by atoms with Crippen molar-refractivity contribution >= 4 is 29.7 Å². The molecule has 0 heterocycles. The second kappa shape index (κ2) is 13.3. The lowest BCUT2D eigenvalue weighted by Crippen LogP contribution is -2.72. The van der Waals surface area contributed by atoms with Crippen LogP contribution in [0.5, 0.6) is 0 Å². The maximum absolute atomic E-state index is 3.12. The van der Waals surface area contributed by atoms with Crippen LogP contribution in [0.1, 0.15) is 176 Å². The number of hydrogen-bond acceptors (Lipinski definition) is 0. The van der Waals surface area contributed by atoms with Crippen LogP contribution in [0.25, 0.3) is 6.08 Å². The summed E-state index contributed by atoms with van der Waals surface area (Å²) in [7, 11) is -3.12. The van der Waals surface area contributed by atoms with Gasteiger partial charge < -0.3 is 0 Å². The molecule has 53 heavy (non-hydrogen) atoms. The van der Waals surface area contributed by atoms with E-state index in [9.17, 15) is 0 Å². The minimum Gasteiger partial charge on any atom is -0.0628 e. The lowest BCUT2D eigenvalue weighted by molar-refractivity contribution is 0.569. The third-order valence-corrected chi connectivity index (χ3v) is 16.5. The van der Waals surface area contributed by atoms with Crippen molar-refractivity contribution in [3.05, 3.63) is 134 Å². The largest absolute Gasteiger partial charge is 0.163 e. The van der Waals surface area contributed by atoms with Crippen molar-refractivity contribution in [2.75, 3.05) is 0 Å². The fourth-order valence-corrected chi connectivity index (χ4v) is 13.3. The van der Waals surface area contributed by atoms with Gasteiger partial charge in [-0.05, 0) is 99.5 Å². The van der Waals surface area contributed by atoms with Crippen molar-refractivity contribution in [2.45, 2.75) is 164 Å². The van der Waals surface area contributed by atoms with E-state index in [2.05, 4.69) is 216 Å². The first-order valence-corrected chi connectivity index (χ1v) is 22.1. The fraction of sp³-hybridized carbons (Fsp3) is 0.481. The topological polar surface area (TPSA) is 0 Å². The Morgan fingerprint density at radius 2 is 0.623 bits per heavy atom. The van der Waals surface area contributed by atoms with Gasteiger partial charge in [-0.2, -0.15) is 0 Å². The normalized spacial score (nSPS) is 15.1. The molecule has 0 amide bonds. The fourth-order valence-electron chi connectivity index (χ4n) is 7.93. The van der Waals surface area contributed by atoms with E-state index in [1.165, 1.54) is 71.2 Å². The van der Waals surface area contributed by atoms with Crippen molar-refractivity contribution < 1.29 is 0 Å². The summed E-state index contributed by atoms with van der Waals surface area (Å²) in [4.78, 5) is 0. The van der Waals surface area contributed by atoms with Crippen LogP contribution >= 0.6 is 0 Å². The molecule has 0 bridgehead atoms. The molecule has 4 aromatic rings. The van der Waals surface area contributed by atoms with E-state index in [-0.39, 0.29) is 32.5 Å². The minimum absolute atomic E-state index is 0.0209. The lowest BCUT2D eigenvalue weighted by Gasteiger charge is -2.43. The Balaban J connectivity index is 2.20. The smallest absolute Gasteiger partial charge is 0.0628 e. The second-order valence-corrected chi connectivity index (χ2v) is 26.2. The SMILES string of the molecule is CC1=Cc2ccccc2[C]1[Si](c1cc(C(C)(C)C)cc(C(C)(C)C)c1)(c1cc(C(C)(C)C)cc(C(C)(C)C)c1)c1cc(C(C)(C)C)cc(C(C)(C)C)c1. The standard InChI is InChI=1S/C52H71Si/c1-34-24-35-22-20-21-23-45(35)46(34)53(42-28-36(47(2,3)4)25-37(29-42)48(5,6)7,43-30-38(49(8,9)10)26-39(31-43)50(11,12)13)44-32-40(51(14,15)16)27-41(33-44)52(17,18)19/h20-33H,1-19H3. The number of allylic oxidation sites excluding steroid dienone is 1. The molecular weight excluding hydrogens is 653 g/mol. The molecule has 0 spiro atoms. The number of hydrogen-bond donors (Lipinski definition) is 0. The summed E-state index contributed by atoms with van der Waals surface area (Å²) in [6.45, 7) is 45.4. The van der Waals surface area contributed by atoms with E-state index in [4.69, 9.17) is 0 Å². The van der Waals surface area contributed by atoms with Crippen LogP contribution in [0, 0.1) is 5.54 Å². The molecule has 0 N–H and O–H groups in total. The number of fused-ring (bicyclic) bond motifs is 1. The molecule has 1 aliphatic rings. The minimum atomic E-state index is -3.12. The molecule has 0 fully saturated rings. The molecule has 0 nitrogen and oxygen atoms in total. The van der Waals surface area contributed by atoms with Crippen molar-refractivity contribution in [3.63, 3.8) is 0 Å². The third-order valence-electron chi connectivity index (χ3n) is 11.7. The van der Waals surface area contributed by atoms with E-state index < -0.39 is 8.07 Å². The molecule has 1 aliphatic carbocycles. The Hall–Kier alpha value is -3.16. The third kappa shape index (κ3) is 7.98. The van der Waals surface area contributed by atoms with Gasteiger partial charge in [0, 0.05) is 5.54 Å². The van der Waals surface area contributed by atoms with Gasteiger partial charge in [-0.1, -0.05) is 215 Å². The summed E-state index contributed by atoms with van der Waals surface area (Å²) in [5, 5.41) is 4.48. The highest BCUT2D eigenvalue weighted by Gasteiger charge is 2.52. The Morgan fingerprint density at radius 1 is 0.358 bits per heavy atom. The van der Waals surface area contributed by atoms with Gasteiger partial charge in [0.1, 0.15) is 0 Å². The highest BCUT2D eigenvalue weighted by Crippen LogP contribution is 2.44. The molecule has 0 aromatic heterocycles. The predicted molar refractivity (Wildman–Crippen MR) is 239 cm³/mol. The zero-order valence-corrected chi connectivity index (χ0v) is 38.1. The van der Waals surface area contributed by atoms with Crippen LogP contribution in [-0.2, 0) is 32.5 Å². The summed E-state index contributed by atoms with van der Waals surface area (Å²) in [5.74, 6) is 0. The van der Waals surface area contributed by atoms with E-state index in [0.717, 1.165) is 0 Å². The Morgan fingerprint density at radius 3 is 0.887 bits per heavy atom. The molecule has 283 valence electrons. The molecule has 5 rings (SSSR count). The Kier molecular flexibility index (Phi) is 10.3. The average Bonchev–Trinajstić information content (AvgIpc) is 3.34. The summed E-state index contributed by atoms with van der Waals surface area (Å²) >= 11 is 0. The molecule has 1 radical (unpaired) electrons. The van der Waals surface area contributed by atoms with E-state index in [1.807, 2.05) is 0 Å². The van der Waals surface area contributed by atoms with Crippen LogP contribution in [0.3, 0.4) is 0 Å². The molecular formula is C52H71Si. The average molecular weight is 724 g/mol. The predicted octanol–water partition coefficient (Wildman–Crippen LogP) is 12.5.